The minimum absolute atomic E-state index is 0. The van der Waals surface area contributed by atoms with E-state index < -0.39 is 28.4 Å². The van der Waals surface area contributed by atoms with Gasteiger partial charge in [-0.2, -0.15) is 12.8 Å². The van der Waals surface area contributed by atoms with Crippen LogP contribution in [0.2, 0.25) is 0 Å². The predicted octanol–water partition coefficient (Wildman–Crippen LogP) is 4.14. The van der Waals surface area contributed by atoms with Gasteiger partial charge >= 0.3 is 0 Å². The van der Waals surface area contributed by atoms with E-state index in [0.29, 0.717) is 11.5 Å². The Labute approximate surface area is 186 Å². The summed E-state index contributed by atoms with van der Waals surface area (Å²) < 4.78 is 5.78. The fourth-order valence-corrected chi connectivity index (χ4v) is 3.64. The molecule has 4 rings (SSSR count). The molecule has 143 valence electrons. The molecular formula is C21H19O6Y-. The minimum atomic E-state index is -0.683. The first-order chi connectivity index (χ1) is 13.0. The molecule has 1 saturated carbocycles. The average molecular weight is 456 g/mol. The number of hydrogen-bond donors (Lipinski definition) is 4. The quantitative estimate of drug-likeness (QED) is 0.341. The van der Waals surface area contributed by atoms with Crippen LogP contribution in [-0.4, -0.2) is 20.4 Å². The number of benzene rings is 2. The van der Waals surface area contributed by atoms with Crippen LogP contribution >= 0.6 is 0 Å². The zero-order valence-electron chi connectivity index (χ0n) is 15.1. The molecule has 2 aromatic carbocycles. The molecule has 4 N–H and O–H groups in total. The molecule has 1 radical (unpaired) electrons. The molecule has 0 unspecified atom stereocenters. The normalized spacial score (nSPS) is 14.7. The van der Waals surface area contributed by atoms with Gasteiger partial charge in [0.05, 0.1) is 5.39 Å². The molecule has 1 fully saturated rings. The first-order valence-electron chi connectivity index (χ1n) is 8.82. The third-order valence-corrected chi connectivity index (χ3v) is 5.13. The molecule has 0 aliphatic heterocycles. The molecule has 1 aliphatic carbocycles. The first kappa shape index (κ1) is 20.7. The van der Waals surface area contributed by atoms with Crippen LogP contribution in [0.1, 0.15) is 37.2 Å². The molecular weight excluding hydrogens is 437 g/mol. The molecule has 1 heterocycles. The van der Waals surface area contributed by atoms with Crippen LogP contribution in [0.25, 0.3) is 22.3 Å². The monoisotopic (exact) mass is 456 g/mol. The van der Waals surface area contributed by atoms with Gasteiger partial charge in [0.15, 0.2) is 23.0 Å². The van der Waals surface area contributed by atoms with E-state index in [1.54, 1.807) is 6.07 Å². The fraction of sp³-hybridized carbons (Fsp3) is 0.238. The smallest absolute Gasteiger partial charge is 0.235 e. The van der Waals surface area contributed by atoms with Crippen LogP contribution in [-0.2, 0) is 32.7 Å². The zero-order valence-corrected chi connectivity index (χ0v) is 17.9. The molecule has 6 nitrogen and oxygen atoms in total. The van der Waals surface area contributed by atoms with Crippen LogP contribution in [0.15, 0.2) is 39.5 Å². The number of phenols is 3. The van der Waals surface area contributed by atoms with Gasteiger partial charge < -0.3 is 31.3 Å². The third kappa shape index (κ3) is 3.63. The van der Waals surface area contributed by atoms with Crippen molar-refractivity contribution in [3.8, 4) is 34.3 Å². The van der Waals surface area contributed by atoms with Gasteiger partial charge in [0.25, 0.3) is 0 Å². The summed E-state index contributed by atoms with van der Waals surface area (Å²) >= 11 is 0. The van der Waals surface area contributed by atoms with E-state index in [2.05, 4.69) is 6.42 Å². The van der Waals surface area contributed by atoms with Crippen molar-refractivity contribution in [1.82, 2.24) is 0 Å². The Morgan fingerprint density at radius 2 is 1.57 bits per heavy atom. The van der Waals surface area contributed by atoms with Crippen LogP contribution in [0, 0.1) is 6.42 Å². The number of phenolic OH excluding ortho intramolecular Hbond substituents is 3. The summed E-state index contributed by atoms with van der Waals surface area (Å²) in [7, 11) is 0. The second-order valence-electron chi connectivity index (χ2n) is 6.87. The SMILES string of the molecule is O=c1c(O)c(-c2cc(O)c(O)c(O)c2)oc2cc(C3CC[CH-]CC3)ccc12.[Y]. The van der Waals surface area contributed by atoms with E-state index >= 15 is 0 Å². The summed E-state index contributed by atoms with van der Waals surface area (Å²) in [5, 5.41) is 39.5. The maximum atomic E-state index is 12.6. The van der Waals surface area contributed by atoms with E-state index in [4.69, 9.17) is 4.42 Å². The van der Waals surface area contributed by atoms with Crippen molar-refractivity contribution in [2.24, 2.45) is 0 Å². The molecule has 0 atom stereocenters. The Morgan fingerprint density at radius 3 is 2.21 bits per heavy atom. The van der Waals surface area contributed by atoms with Gasteiger partial charge in [-0.3, -0.25) is 4.79 Å². The third-order valence-electron chi connectivity index (χ3n) is 5.13. The molecule has 0 bridgehead atoms. The molecule has 28 heavy (non-hydrogen) atoms. The Bertz CT molecular complexity index is 1060. The van der Waals surface area contributed by atoms with Crippen molar-refractivity contribution in [2.75, 3.05) is 0 Å². The van der Waals surface area contributed by atoms with E-state index in [-0.39, 0.29) is 49.4 Å². The second kappa shape index (κ2) is 8.13. The van der Waals surface area contributed by atoms with Crippen molar-refractivity contribution in [2.45, 2.75) is 31.6 Å². The summed E-state index contributed by atoms with van der Waals surface area (Å²) in [6.07, 6.45) is 6.47. The zero-order chi connectivity index (χ0) is 19.1. The predicted molar refractivity (Wildman–Crippen MR) is 100 cm³/mol. The minimum Gasteiger partial charge on any atom is -0.504 e. The van der Waals surface area contributed by atoms with Gasteiger partial charge in [-0.05, 0) is 35.7 Å². The Morgan fingerprint density at radius 1 is 0.929 bits per heavy atom. The molecule has 7 heteroatoms. The Balaban J connectivity index is 0.00000225. The molecule has 0 spiro atoms. The number of rotatable bonds is 2. The summed E-state index contributed by atoms with van der Waals surface area (Å²) in [5.41, 5.74) is 0.887. The van der Waals surface area contributed by atoms with Gasteiger partial charge in [0.1, 0.15) is 5.58 Å². The van der Waals surface area contributed by atoms with Gasteiger partial charge in [-0.15, -0.1) is 0 Å². The van der Waals surface area contributed by atoms with Gasteiger partial charge in [0, 0.05) is 38.3 Å². The average Bonchev–Trinajstić information content (AvgIpc) is 2.68. The van der Waals surface area contributed by atoms with Crippen molar-refractivity contribution in [1.29, 1.82) is 0 Å². The van der Waals surface area contributed by atoms with Gasteiger partial charge in [0.2, 0.25) is 11.2 Å². The molecule has 3 aromatic rings. The molecule has 1 aliphatic rings. The van der Waals surface area contributed by atoms with Crippen molar-refractivity contribution in [3.05, 3.63) is 52.5 Å². The fourth-order valence-electron chi connectivity index (χ4n) is 3.64. The summed E-state index contributed by atoms with van der Waals surface area (Å²) in [6, 6.07) is 7.59. The maximum absolute atomic E-state index is 12.6. The number of aromatic hydroxyl groups is 4. The van der Waals surface area contributed by atoms with E-state index in [0.717, 1.165) is 43.4 Å². The van der Waals surface area contributed by atoms with E-state index in [1.807, 2.05) is 12.1 Å². The number of fused-ring (bicyclic) bond motifs is 1. The van der Waals surface area contributed by atoms with E-state index in [9.17, 15) is 25.2 Å². The van der Waals surface area contributed by atoms with Crippen molar-refractivity contribution < 1.29 is 57.6 Å². The summed E-state index contributed by atoms with van der Waals surface area (Å²) in [4.78, 5) is 12.6. The largest absolute Gasteiger partial charge is 0.504 e. The van der Waals surface area contributed by atoms with Gasteiger partial charge in [-0.25, -0.2) is 0 Å². The second-order valence-corrected chi connectivity index (χ2v) is 6.87. The topological polar surface area (TPSA) is 111 Å². The number of hydrogen-bond acceptors (Lipinski definition) is 6. The first-order valence-corrected chi connectivity index (χ1v) is 8.82. The van der Waals surface area contributed by atoms with Crippen molar-refractivity contribution >= 4 is 11.0 Å². The summed E-state index contributed by atoms with van der Waals surface area (Å²) in [6.45, 7) is 0. The van der Waals surface area contributed by atoms with Crippen LogP contribution in [0.3, 0.4) is 0 Å². The molecule has 0 saturated heterocycles. The van der Waals surface area contributed by atoms with Crippen LogP contribution < -0.4 is 5.43 Å². The Kier molecular flexibility index (Phi) is 6.01. The summed E-state index contributed by atoms with van der Waals surface area (Å²) in [5.74, 6) is -2.25. The van der Waals surface area contributed by atoms with Crippen molar-refractivity contribution in [3.63, 3.8) is 0 Å². The molecule has 1 aromatic heterocycles. The molecule has 0 amide bonds. The van der Waals surface area contributed by atoms with Gasteiger partial charge in [-0.1, -0.05) is 18.9 Å². The van der Waals surface area contributed by atoms with Crippen LogP contribution in [0.5, 0.6) is 23.0 Å². The standard InChI is InChI=1S/C21H19O6.Y/c22-15-8-13(9-16(23)19(15)25)21-20(26)18(24)14-7-6-12(10-17(14)27-21)11-4-2-1-3-5-11;/h1,6-11,22-23,25-26H,2-5H2;/q-1;. The maximum Gasteiger partial charge on any atom is 0.235 e. The van der Waals surface area contributed by atoms with Crippen LogP contribution in [0.4, 0.5) is 0 Å². The Hall–Kier alpha value is -2.05. The van der Waals surface area contributed by atoms with E-state index in [1.165, 1.54) is 0 Å².